The van der Waals surface area contributed by atoms with Gasteiger partial charge in [-0.3, -0.25) is 0 Å². The summed E-state index contributed by atoms with van der Waals surface area (Å²) in [5.41, 5.74) is 4.09. The van der Waals surface area contributed by atoms with Crippen molar-refractivity contribution in [1.29, 1.82) is 0 Å². The Hall–Kier alpha value is -1.24. The zero-order valence-electron chi connectivity index (χ0n) is 9.80. The predicted octanol–water partition coefficient (Wildman–Crippen LogP) is 4.05. The smallest absolute Gasteiger partial charge is 0.0452 e. The van der Waals surface area contributed by atoms with E-state index in [0.717, 1.165) is 6.42 Å². The first-order chi connectivity index (χ1) is 7.07. The van der Waals surface area contributed by atoms with Crippen LogP contribution in [0.25, 0.3) is 5.57 Å². The summed E-state index contributed by atoms with van der Waals surface area (Å²) in [5, 5.41) is 0. The van der Waals surface area contributed by atoms with Crippen molar-refractivity contribution in [1.82, 2.24) is 4.98 Å². The lowest BCUT2D eigenvalue weighted by Gasteiger charge is -2.16. The van der Waals surface area contributed by atoms with Crippen LogP contribution in [0.5, 0.6) is 0 Å². The van der Waals surface area contributed by atoms with Crippen molar-refractivity contribution in [2.75, 3.05) is 0 Å². The zero-order chi connectivity index (χ0) is 10.9. The molecule has 1 aromatic heterocycles. The van der Waals surface area contributed by atoms with Crippen LogP contribution >= 0.6 is 0 Å². The minimum atomic E-state index is 0.206. The first-order valence-electron chi connectivity index (χ1n) is 5.64. The molecule has 80 valence electrons. The highest BCUT2D eigenvalue weighted by Crippen LogP contribution is 2.25. The van der Waals surface area contributed by atoms with Gasteiger partial charge in [0.15, 0.2) is 0 Å². The summed E-state index contributed by atoms with van der Waals surface area (Å²) in [6.45, 7) is 6.69. The van der Waals surface area contributed by atoms with Crippen molar-refractivity contribution in [3.8, 4) is 0 Å². The fourth-order valence-electron chi connectivity index (χ4n) is 1.81. The van der Waals surface area contributed by atoms with Crippen LogP contribution in [0.15, 0.2) is 30.4 Å². The third-order valence-corrected chi connectivity index (χ3v) is 2.80. The molecule has 1 aromatic rings. The van der Waals surface area contributed by atoms with Crippen molar-refractivity contribution in [3.63, 3.8) is 0 Å². The molecule has 0 unspecified atom stereocenters. The van der Waals surface area contributed by atoms with E-state index in [4.69, 9.17) is 0 Å². The number of rotatable bonds is 1. The van der Waals surface area contributed by atoms with Gasteiger partial charge in [-0.2, -0.15) is 0 Å². The number of hydrogen-bond acceptors (Lipinski definition) is 0. The predicted molar refractivity (Wildman–Crippen MR) is 65.8 cm³/mol. The molecule has 1 aliphatic rings. The molecule has 1 heterocycles. The number of aromatic nitrogens is 1. The quantitative estimate of drug-likeness (QED) is 0.705. The molecule has 1 aliphatic carbocycles. The average molecular weight is 201 g/mol. The van der Waals surface area contributed by atoms with Gasteiger partial charge in [-0.15, -0.1) is 0 Å². The van der Waals surface area contributed by atoms with Gasteiger partial charge in [0.1, 0.15) is 0 Å². The Morgan fingerprint density at radius 2 is 1.93 bits per heavy atom. The summed E-state index contributed by atoms with van der Waals surface area (Å²) in [4.78, 5) is 3.50. The van der Waals surface area contributed by atoms with Crippen LogP contribution in [-0.2, 0) is 5.41 Å². The summed E-state index contributed by atoms with van der Waals surface area (Å²) in [6, 6.07) is 4.38. The highest BCUT2D eigenvalue weighted by atomic mass is 14.7. The Morgan fingerprint density at radius 3 is 2.47 bits per heavy atom. The minimum absolute atomic E-state index is 0.206. The van der Waals surface area contributed by atoms with Crippen LogP contribution in [0.1, 0.15) is 45.0 Å². The molecule has 2 rings (SSSR count). The molecule has 0 atom stereocenters. The monoisotopic (exact) mass is 201 g/mol. The maximum atomic E-state index is 3.50. The first kappa shape index (κ1) is 10.3. The molecule has 0 radical (unpaired) electrons. The topological polar surface area (TPSA) is 15.8 Å². The number of H-pyrrole nitrogens is 1. The molecule has 0 aromatic carbocycles. The fraction of sp³-hybridized carbons (Fsp3) is 0.429. The third kappa shape index (κ3) is 2.23. The van der Waals surface area contributed by atoms with Gasteiger partial charge < -0.3 is 4.98 Å². The van der Waals surface area contributed by atoms with Crippen LogP contribution < -0.4 is 0 Å². The van der Waals surface area contributed by atoms with E-state index in [1.54, 1.807) is 0 Å². The molecular formula is C14H19N. The molecule has 0 fully saturated rings. The second-order valence-corrected chi connectivity index (χ2v) is 5.17. The molecule has 0 amide bonds. The Morgan fingerprint density at radius 1 is 1.13 bits per heavy atom. The Balaban J connectivity index is 2.28. The van der Waals surface area contributed by atoms with E-state index >= 15 is 0 Å². The molecule has 0 aliphatic heterocycles. The van der Waals surface area contributed by atoms with Gasteiger partial charge in [0.2, 0.25) is 0 Å². The van der Waals surface area contributed by atoms with Crippen LogP contribution in [0.3, 0.4) is 0 Å². The van der Waals surface area contributed by atoms with Gasteiger partial charge in [0.05, 0.1) is 0 Å². The van der Waals surface area contributed by atoms with E-state index in [1.807, 2.05) is 0 Å². The molecule has 1 nitrogen and oxygen atoms in total. The van der Waals surface area contributed by atoms with E-state index in [-0.39, 0.29) is 5.41 Å². The van der Waals surface area contributed by atoms with Gasteiger partial charge in [-0.1, -0.05) is 39.0 Å². The number of nitrogens with one attached hydrogen (secondary N) is 1. The van der Waals surface area contributed by atoms with Gasteiger partial charge in [0, 0.05) is 16.8 Å². The average Bonchev–Trinajstić information content (AvgIpc) is 2.67. The Labute approximate surface area is 91.9 Å². The molecule has 1 heteroatoms. The lowest BCUT2D eigenvalue weighted by atomic mass is 9.93. The third-order valence-electron chi connectivity index (χ3n) is 2.80. The van der Waals surface area contributed by atoms with Crippen LogP contribution in [-0.4, -0.2) is 4.98 Å². The molecule has 15 heavy (non-hydrogen) atoms. The van der Waals surface area contributed by atoms with Crippen molar-refractivity contribution >= 4 is 5.57 Å². The SMILES string of the molecule is CC(C)(C)c1ccc(C2=CCCC=C2)[nH]1. The van der Waals surface area contributed by atoms with Crippen molar-refractivity contribution in [2.45, 2.75) is 39.0 Å². The number of aromatic amines is 1. The van der Waals surface area contributed by atoms with Crippen molar-refractivity contribution < 1.29 is 0 Å². The highest BCUT2D eigenvalue weighted by Gasteiger charge is 2.16. The van der Waals surface area contributed by atoms with E-state index in [0.29, 0.717) is 0 Å². The molecule has 0 spiro atoms. The fourth-order valence-corrected chi connectivity index (χ4v) is 1.81. The van der Waals surface area contributed by atoms with Crippen LogP contribution in [0, 0.1) is 0 Å². The standard InChI is InChI=1S/C14H19N/c1-14(2,3)13-10-9-12(15-13)11-7-5-4-6-8-11/h5,7-10,15H,4,6H2,1-3H3. The van der Waals surface area contributed by atoms with Crippen LogP contribution in [0.2, 0.25) is 0 Å². The lowest BCUT2D eigenvalue weighted by Crippen LogP contribution is -2.11. The number of hydrogen-bond donors (Lipinski definition) is 1. The van der Waals surface area contributed by atoms with Crippen molar-refractivity contribution in [3.05, 3.63) is 41.7 Å². The molecule has 0 saturated carbocycles. The van der Waals surface area contributed by atoms with Gasteiger partial charge in [-0.25, -0.2) is 0 Å². The maximum Gasteiger partial charge on any atom is 0.0452 e. The summed E-state index contributed by atoms with van der Waals surface area (Å²) >= 11 is 0. The molecular weight excluding hydrogens is 182 g/mol. The number of allylic oxidation sites excluding steroid dienone is 4. The molecule has 0 bridgehead atoms. The van der Waals surface area contributed by atoms with E-state index in [2.05, 4.69) is 56.1 Å². The largest absolute Gasteiger partial charge is 0.358 e. The van der Waals surface area contributed by atoms with Crippen molar-refractivity contribution in [2.24, 2.45) is 0 Å². The Bertz CT molecular complexity index is 399. The lowest BCUT2D eigenvalue weighted by molar-refractivity contribution is 0.572. The molecule has 1 N–H and O–H groups in total. The second-order valence-electron chi connectivity index (χ2n) is 5.17. The van der Waals surface area contributed by atoms with Gasteiger partial charge >= 0.3 is 0 Å². The summed E-state index contributed by atoms with van der Waals surface area (Å²) in [6.07, 6.45) is 9.10. The van der Waals surface area contributed by atoms with E-state index in [1.165, 1.54) is 23.4 Å². The summed E-state index contributed by atoms with van der Waals surface area (Å²) in [7, 11) is 0. The first-order valence-corrected chi connectivity index (χ1v) is 5.64. The van der Waals surface area contributed by atoms with E-state index in [9.17, 15) is 0 Å². The highest BCUT2D eigenvalue weighted by molar-refractivity contribution is 5.72. The zero-order valence-corrected chi connectivity index (χ0v) is 9.80. The Kier molecular flexibility index (Phi) is 2.56. The van der Waals surface area contributed by atoms with Gasteiger partial charge in [0.25, 0.3) is 0 Å². The van der Waals surface area contributed by atoms with Gasteiger partial charge in [-0.05, 0) is 30.5 Å². The molecule has 0 saturated heterocycles. The van der Waals surface area contributed by atoms with Crippen LogP contribution in [0.4, 0.5) is 0 Å². The normalized spacial score (nSPS) is 16.6. The second kappa shape index (κ2) is 3.73. The summed E-state index contributed by atoms with van der Waals surface area (Å²) in [5.74, 6) is 0. The van der Waals surface area contributed by atoms with E-state index < -0.39 is 0 Å². The summed E-state index contributed by atoms with van der Waals surface area (Å²) < 4.78 is 0. The maximum absolute atomic E-state index is 3.50. The minimum Gasteiger partial charge on any atom is -0.358 e.